The monoisotopic (exact) mass is 207 g/mol. The molecule has 0 spiro atoms. The van der Waals surface area contributed by atoms with Crippen LogP contribution in [0.4, 0.5) is 5.69 Å². The molecule has 2 rings (SSSR count). The van der Waals surface area contributed by atoms with E-state index in [2.05, 4.69) is 5.32 Å². The predicted octanol–water partition coefficient (Wildman–Crippen LogP) is 0.817. The number of aliphatic hydroxyl groups is 1. The maximum absolute atomic E-state index is 11.3. The van der Waals surface area contributed by atoms with Crippen LogP contribution in [0.25, 0.3) is 0 Å². The zero-order chi connectivity index (χ0) is 10.9. The molecule has 0 bridgehead atoms. The number of nitrogens with one attached hydrogen (secondary N) is 1. The summed E-state index contributed by atoms with van der Waals surface area (Å²) in [4.78, 5) is 11.3. The smallest absolute Gasteiger partial charge is 0.316 e. The standard InChI is InChI=1S/C11H13NO3/c13-6-5-11(10(14)15)7-12-9-4-2-1-3-8(9)11/h1-4,12-13H,5-7H2,(H,14,15). The Hall–Kier alpha value is -1.55. The number of benzene rings is 1. The minimum absolute atomic E-state index is 0.123. The SMILES string of the molecule is O=C(O)C1(CCO)CNc2ccccc21. The van der Waals surface area contributed by atoms with Crippen molar-refractivity contribution in [1.82, 2.24) is 0 Å². The highest BCUT2D eigenvalue weighted by molar-refractivity contribution is 5.87. The van der Waals surface area contributed by atoms with Gasteiger partial charge in [0.05, 0.1) is 0 Å². The molecule has 0 saturated carbocycles. The quantitative estimate of drug-likeness (QED) is 0.686. The van der Waals surface area contributed by atoms with Gasteiger partial charge in [-0.1, -0.05) is 18.2 Å². The molecule has 4 heteroatoms. The first kappa shape index (κ1) is 9.98. The minimum Gasteiger partial charge on any atom is -0.481 e. The van der Waals surface area contributed by atoms with Crippen molar-refractivity contribution in [3.63, 3.8) is 0 Å². The van der Waals surface area contributed by atoms with E-state index in [1.807, 2.05) is 18.2 Å². The second kappa shape index (κ2) is 3.55. The lowest BCUT2D eigenvalue weighted by Crippen LogP contribution is -2.38. The average molecular weight is 207 g/mol. The molecule has 0 aromatic heterocycles. The molecule has 0 saturated heterocycles. The molecule has 0 radical (unpaired) electrons. The van der Waals surface area contributed by atoms with Crippen molar-refractivity contribution in [3.05, 3.63) is 29.8 Å². The van der Waals surface area contributed by atoms with Crippen molar-refractivity contribution in [2.75, 3.05) is 18.5 Å². The van der Waals surface area contributed by atoms with E-state index in [9.17, 15) is 9.90 Å². The summed E-state index contributed by atoms with van der Waals surface area (Å²) in [5.41, 5.74) is 0.658. The van der Waals surface area contributed by atoms with E-state index in [-0.39, 0.29) is 13.0 Å². The van der Waals surface area contributed by atoms with Gasteiger partial charge in [-0.15, -0.1) is 0 Å². The molecular weight excluding hydrogens is 194 g/mol. The third kappa shape index (κ3) is 1.37. The number of carbonyl (C=O) groups is 1. The Bertz CT molecular complexity index is 387. The maximum Gasteiger partial charge on any atom is 0.316 e. The number of carboxylic acid groups (broad SMARTS) is 1. The Balaban J connectivity index is 2.49. The molecule has 1 aromatic carbocycles. The number of hydrogen-bond acceptors (Lipinski definition) is 3. The second-order valence-electron chi connectivity index (χ2n) is 3.76. The van der Waals surface area contributed by atoms with Gasteiger partial charge in [-0.3, -0.25) is 4.79 Å². The van der Waals surface area contributed by atoms with E-state index in [4.69, 9.17) is 5.11 Å². The van der Waals surface area contributed by atoms with Gasteiger partial charge in [0.25, 0.3) is 0 Å². The second-order valence-corrected chi connectivity index (χ2v) is 3.76. The van der Waals surface area contributed by atoms with Gasteiger partial charge < -0.3 is 15.5 Å². The number of aliphatic carboxylic acids is 1. The zero-order valence-electron chi connectivity index (χ0n) is 8.23. The highest BCUT2D eigenvalue weighted by Gasteiger charge is 2.45. The number of fused-ring (bicyclic) bond motifs is 1. The lowest BCUT2D eigenvalue weighted by molar-refractivity contribution is -0.143. The fourth-order valence-corrected chi connectivity index (χ4v) is 2.11. The molecule has 1 aliphatic heterocycles. The van der Waals surface area contributed by atoms with E-state index in [0.29, 0.717) is 6.54 Å². The number of aliphatic hydroxyl groups excluding tert-OH is 1. The van der Waals surface area contributed by atoms with Gasteiger partial charge in [-0.2, -0.15) is 0 Å². The molecule has 1 aliphatic rings. The van der Waals surface area contributed by atoms with Crippen LogP contribution in [0.2, 0.25) is 0 Å². The summed E-state index contributed by atoms with van der Waals surface area (Å²) in [7, 11) is 0. The first-order valence-electron chi connectivity index (χ1n) is 4.88. The number of carboxylic acids is 1. The fourth-order valence-electron chi connectivity index (χ4n) is 2.11. The first-order valence-corrected chi connectivity index (χ1v) is 4.88. The van der Waals surface area contributed by atoms with Crippen LogP contribution in [0.3, 0.4) is 0 Å². The molecule has 0 fully saturated rings. The van der Waals surface area contributed by atoms with Gasteiger partial charge in [-0.25, -0.2) is 0 Å². The Labute approximate surface area is 87.6 Å². The highest BCUT2D eigenvalue weighted by atomic mass is 16.4. The number of rotatable bonds is 3. The molecule has 3 N–H and O–H groups in total. The third-order valence-electron chi connectivity index (χ3n) is 2.97. The molecule has 1 unspecified atom stereocenters. The maximum atomic E-state index is 11.3. The van der Waals surface area contributed by atoms with Crippen LogP contribution in [-0.2, 0) is 10.2 Å². The van der Waals surface area contributed by atoms with E-state index >= 15 is 0 Å². The summed E-state index contributed by atoms with van der Waals surface area (Å²) in [5.74, 6) is -0.881. The molecular formula is C11H13NO3. The minimum atomic E-state index is -0.967. The van der Waals surface area contributed by atoms with Crippen LogP contribution >= 0.6 is 0 Å². The van der Waals surface area contributed by atoms with E-state index in [1.54, 1.807) is 6.07 Å². The van der Waals surface area contributed by atoms with Crippen LogP contribution in [0, 0.1) is 0 Å². The average Bonchev–Trinajstić information content (AvgIpc) is 2.60. The largest absolute Gasteiger partial charge is 0.481 e. The lowest BCUT2D eigenvalue weighted by Gasteiger charge is -2.22. The van der Waals surface area contributed by atoms with Gasteiger partial charge in [-0.05, 0) is 18.1 Å². The molecule has 4 nitrogen and oxygen atoms in total. The van der Waals surface area contributed by atoms with Gasteiger partial charge in [0.2, 0.25) is 0 Å². The molecule has 80 valence electrons. The summed E-state index contributed by atoms with van der Waals surface area (Å²) >= 11 is 0. The summed E-state index contributed by atoms with van der Waals surface area (Å²) in [6.45, 7) is 0.227. The lowest BCUT2D eigenvalue weighted by atomic mass is 9.79. The highest BCUT2D eigenvalue weighted by Crippen LogP contribution is 2.39. The zero-order valence-corrected chi connectivity index (χ0v) is 8.23. The van der Waals surface area contributed by atoms with E-state index in [0.717, 1.165) is 11.3 Å². The Morgan fingerprint density at radius 3 is 2.87 bits per heavy atom. The van der Waals surface area contributed by atoms with E-state index < -0.39 is 11.4 Å². The predicted molar refractivity (Wildman–Crippen MR) is 55.9 cm³/mol. The van der Waals surface area contributed by atoms with Crippen LogP contribution in [0.15, 0.2) is 24.3 Å². The Morgan fingerprint density at radius 2 is 2.20 bits per heavy atom. The summed E-state index contributed by atoms with van der Waals surface area (Å²) in [6, 6.07) is 7.35. The van der Waals surface area contributed by atoms with Crippen molar-refractivity contribution < 1.29 is 15.0 Å². The van der Waals surface area contributed by atoms with Gasteiger partial charge >= 0.3 is 5.97 Å². The molecule has 15 heavy (non-hydrogen) atoms. The van der Waals surface area contributed by atoms with Crippen LogP contribution in [0.1, 0.15) is 12.0 Å². The van der Waals surface area contributed by atoms with Gasteiger partial charge in [0.15, 0.2) is 0 Å². The van der Waals surface area contributed by atoms with Crippen molar-refractivity contribution in [2.24, 2.45) is 0 Å². The Morgan fingerprint density at radius 1 is 1.47 bits per heavy atom. The number of hydrogen-bond donors (Lipinski definition) is 3. The van der Waals surface area contributed by atoms with Crippen LogP contribution < -0.4 is 5.32 Å². The van der Waals surface area contributed by atoms with Crippen LogP contribution in [0.5, 0.6) is 0 Å². The van der Waals surface area contributed by atoms with Crippen molar-refractivity contribution in [3.8, 4) is 0 Å². The molecule has 1 atom stereocenters. The molecule has 0 amide bonds. The summed E-state index contributed by atoms with van der Waals surface area (Å²) < 4.78 is 0. The molecule has 1 heterocycles. The van der Waals surface area contributed by atoms with Gasteiger partial charge in [0, 0.05) is 18.8 Å². The van der Waals surface area contributed by atoms with Crippen molar-refractivity contribution >= 4 is 11.7 Å². The van der Waals surface area contributed by atoms with E-state index in [1.165, 1.54) is 0 Å². The third-order valence-corrected chi connectivity index (χ3v) is 2.97. The number of para-hydroxylation sites is 1. The molecule has 1 aromatic rings. The molecule has 0 aliphatic carbocycles. The number of anilines is 1. The van der Waals surface area contributed by atoms with Crippen molar-refractivity contribution in [2.45, 2.75) is 11.8 Å². The van der Waals surface area contributed by atoms with Crippen molar-refractivity contribution in [1.29, 1.82) is 0 Å². The van der Waals surface area contributed by atoms with Crippen LogP contribution in [-0.4, -0.2) is 29.3 Å². The Kier molecular flexibility index (Phi) is 2.36. The topological polar surface area (TPSA) is 69.6 Å². The normalized spacial score (nSPS) is 23.3. The summed E-state index contributed by atoms with van der Waals surface area (Å²) in [6.07, 6.45) is 0.242. The summed E-state index contributed by atoms with van der Waals surface area (Å²) in [5, 5.41) is 21.3. The first-order chi connectivity index (χ1) is 7.20. The fraction of sp³-hybridized carbons (Fsp3) is 0.364. The van der Waals surface area contributed by atoms with Gasteiger partial charge in [0.1, 0.15) is 5.41 Å².